The van der Waals surface area contributed by atoms with Crippen molar-refractivity contribution in [2.45, 2.75) is 91.5 Å². The molecule has 3 aromatic rings. The van der Waals surface area contributed by atoms with Crippen molar-refractivity contribution in [3.05, 3.63) is 82.9 Å². The van der Waals surface area contributed by atoms with Gasteiger partial charge in [-0.2, -0.15) is 0 Å². The van der Waals surface area contributed by atoms with Gasteiger partial charge in [0.25, 0.3) is 5.91 Å². The zero-order valence-corrected chi connectivity index (χ0v) is 27.6. The lowest BCUT2D eigenvalue weighted by atomic mass is 9.75. The van der Waals surface area contributed by atoms with E-state index in [1.807, 2.05) is 17.1 Å². The third-order valence-electron chi connectivity index (χ3n) is 9.57. The largest absolute Gasteiger partial charge is 0.456 e. The zero-order chi connectivity index (χ0) is 31.1. The summed E-state index contributed by atoms with van der Waals surface area (Å²) in [5.41, 5.74) is 8.83. The molecule has 6 nitrogen and oxygen atoms in total. The summed E-state index contributed by atoms with van der Waals surface area (Å²) in [5, 5.41) is 1.92. The SMILES string of the molecule is CCCCCCCCCCNN1C(=O)c2ccccc2C12c1ccc(N(CC)CC)cc1Oc1cc(N(CC)CC)ccc12. The minimum absolute atomic E-state index is 0.0135. The summed E-state index contributed by atoms with van der Waals surface area (Å²) in [6, 6.07) is 21.2. The molecule has 1 N–H and O–H groups in total. The van der Waals surface area contributed by atoms with Gasteiger partial charge >= 0.3 is 0 Å². The van der Waals surface area contributed by atoms with Gasteiger partial charge in [-0.1, -0.05) is 82.2 Å². The molecule has 0 aromatic heterocycles. The number of anilines is 2. The number of unbranched alkanes of at least 4 members (excludes halogenated alkanes) is 7. The monoisotopic (exact) mass is 596 g/mol. The standard InChI is InChI=1S/C38H52N4O2/c1-6-11-12-13-14-15-16-19-26-39-42-37(43)31-20-17-18-21-32(31)38(42)33-24-22-29(40(7-2)8-3)27-35(33)44-36-28-30(23-25-34(36)38)41(9-4)10-5/h17-18,20-25,27-28,39H,6-16,19,26H2,1-5H3. The zero-order valence-electron chi connectivity index (χ0n) is 27.6. The van der Waals surface area contributed by atoms with Crippen molar-refractivity contribution < 1.29 is 9.53 Å². The molecule has 44 heavy (non-hydrogen) atoms. The molecule has 2 heterocycles. The van der Waals surface area contributed by atoms with E-state index in [4.69, 9.17) is 4.74 Å². The number of ether oxygens (including phenoxy) is 1. The van der Waals surface area contributed by atoms with E-state index in [0.29, 0.717) is 0 Å². The average molecular weight is 597 g/mol. The number of hydrogen-bond donors (Lipinski definition) is 1. The minimum Gasteiger partial charge on any atom is -0.456 e. The molecule has 0 radical (unpaired) electrons. The molecule has 1 amide bonds. The van der Waals surface area contributed by atoms with Crippen LogP contribution in [0.4, 0.5) is 11.4 Å². The maximum absolute atomic E-state index is 14.3. The van der Waals surface area contributed by atoms with Crippen molar-refractivity contribution in [3.8, 4) is 11.5 Å². The third kappa shape index (κ3) is 5.81. The molecule has 0 unspecified atom stereocenters. The molecule has 0 saturated heterocycles. The Bertz CT molecular complexity index is 1350. The first-order valence-electron chi connectivity index (χ1n) is 17.2. The number of fused-ring (bicyclic) bond motifs is 6. The highest BCUT2D eigenvalue weighted by atomic mass is 16.5. The smallest absolute Gasteiger partial charge is 0.269 e. The number of amides is 1. The van der Waals surface area contributed by atoms with Crippen LogP contribution in [0.1, 0.15) is 113 Å². The summed E-state index contributed by atoms with van der Waals surface area (Å²) in [6.07, 6.45) is 10.0. The molecule has 5 rings (SSSR count). The van der Waals surface area contributed by atoms with Crippen molar-refractivity contribution in [2.24, 2.45) is 0 Å². The number of rotatable bonds is 16. The van der Waals surface area contributed by atoms with Crippen LogP contribution in [0.15, 0.2) is 60.7 Å². The van der Waals surface area contributed by atoms with Gasteiger partial charge in [0.1, 0.15) is 17.0 Å². The highest BCUT2D eigenvalue weighted by molar-refractivity contribution is 6.02. The van der Waals surface area contributed by atoms with E-state index in [1.54, 1.807) is 0 Å². The molecule has 0 atom stereocenters. The van der Waals surface area contributed by atoms with Crippen molar-refractivity contribution in [3.63, 3.8) is 0 Å². The lowest BCUT2D eigenvalue weighted by molar-refractivity contribution is 0.0507. The van der Waals surface area contributed by atoms with Gasteiger partial charge in [-0.25, -0.2) is 5.43 Å². The highest BCUT2D eigenvalue weighted by Crippen LogP contribution is 2.57. The van der Waals surface area contributed by atoms with Crippen LogP contribution in [-0.4, -0.2) is 43.6 Å². The Balaban J connectivity index is 1.57. The van der Waals surface area contributed by atoms with E-state index in [2.05, 4.69) is 98.4 Å². The molecule has 0 fully saturated rings. The molecule has 1 spiro atoms. The Labute approximate surface area is 265 Å². The van der Waals surface area contributed by atoms with Gasteiger partial charge in [0.05, 0.1) is 0 Å². The van der Waals surface area contributed by atoms with E-state index in [1.165, 1.54) is 38.5 Å². The quantitative estimate of drug-likeness (QED) is 0.167. The summed E-state index contributed by atoms with van der Waals surface area (Å²) in [4.78, 5) is 19.0. The molecular weight excluding hydrogens is 544 g/mol. The van der Waals surface area contributed by atoms with E-state index in [-0.39, 0.29) is 5.91 Å². The molecule has 0 aliphatic carbocycles. The maximum Gasteiger partial charge on any atom is 0.269 e. The Kier molecular flexibility index (Phi) is 10.5. The van der Waals surface area contributed by atoms with Crippen LogP contribution in [0.3, 0.4) is 0 Å². The van der Waals surface area contributed by atoms with Crippen LogP contribution in [-0.2, 0) is 5.54 Å². The lowest BCUT2D eigenvalue weighted by Gasteiger charge is -2.44. The molecule has 0 saturated carbocycles. The summed E-state index contributed by atoms with van der Waals surface area (Å²) in [7, 11) is 0. The first kappa shape index (κ1) is 31.9. The second-order valence-corrected chi connectivity index (χ2v) is 12.1. The van der Waals surface area contributed by atoms with Gasteiger partial charge in [0.2, 0.25) is 0 Å². The van der Waals surface area contributed by atoms with Crippen LogP contribution >= 0.6 is 0 Å². The van der Waals surface area contributed by atoms with Gasteiger partial charge in [0, 0.05) is 78.5 Å². The second-order valence-electron chi connectivity index (χ2n) is 12.1. The number of carbonyl (C=O) groups is 1. The normalized spacial score (nSPS) is 14.3. The van der Waals surface area contributed by atoms with Crippen LogP contribution < -0.4 is 20.0 Å². The number of carbonyl (C=O) groups excluding carboxylic acids is 1. The fourth-order valence-corrected chi connectivity index (χ4v) is 7.17. The summed E-state index contributed by atoms with van der Waals surface area (Å²) >= 11 is 0. The first-order chi connectivity index (χ1) is 21.5. The predicted octanol–water partition coefficient (Wildman–Crippen LogP) is 8.88. The average Bonchev–Trinajstić information content (AvgIpc) is 3.29. The van der Waals surface area contributed by atoms with Crippen LogP contribution in [0.5, 0.6) is 11.5 Å². The first-order valence-corrected chi connectivity index (χ1v) is 17.2. The minimum atomic E-state index is -0.833. The Morgan fingerprint density at radius 3 is 1.73 bits per heavy atom. The van der Waals surface area contributed by atoms with Gasteiger partial charge < -0.3 is 14.5 Å². The Morgan fingerprint density at radius 2 is 1.18 bits per heavy atom. The lowest BCUT2D eigenvalue weighted by Crippen LogP contribution is -2.54. The van der Waals surface area contributed by atoms with Gasteiger partial charge in [-0.3, -0.25) is 9.80 Å². The highest BCUT2D eigenvalue weighted by Gasteiger charge is 2.56. The molecule has 3 aromatic carbocycles. The molecule has 2 aliphatic rings. The van der Waals surface area contributed by atoms with E-state index in [0.717, 1.165) is 90.7 Å². The number of nitrogens with one attached hydrogen (secondary N) is 1. The van der Waals surface area contributed by atoms with Gasteiger partial charge in [-0.05, 0) is 52.3 Å². The van der Waals surface area contributed by atoms with Crippen molar-refractivity contribution >= 4 is 17.3 Å². The Hall–Kier alpha value is -3.51. The molecular formula is C38H52N4O2. The summed E-state index contributed by atoms with van der Waals surface area (Å²) in [6.45, 7) is 15.4. The molecule has 0 bridgehead atoms. The van der Waals surface area contributed by atoms with E-state index in [9.17, 15) is 4.79 Å². The third-order valence-corrected chi connectivity index (χ3v) is 9.57. The van der Waals surface area contributed by atoms with Crippen molar-refractivity contribution in [1.82, 2.24) is 10.4 Å². The summed E-state index contributed by atoms with van der Waals surface area (Å²) < 4.78 is 6.80. The maximum atomic E-state index is 14.3. The van der Waals surface area contributed by atoms with Crippen LogP contribution in [0.25, 0.3) is 0 Å². The van der Waals surface area contributed by atoms with Crippen molar-refractivity contribution in [1.29, 1.82) is 0 Å². The van der Waals surface area contributed by atoms with E-state index >= 15 is 0 Å². The molecule has 6 heteroatoms. The topological polar surface area (TPSA) is 48.1 Å². The second kappa shape index (κ2) is 14.5. The molecule has 236 valence electrons. The summed E-state index contributed by atoms with van der Waals surface area (Å²) in [5.74, 6) is 1.63. The number of hydrazine groups is 1. The fraction of sp³-hybridized carbons (Fsp3) is 0.500. The number of hydrogen-bond acceptors (Lipinski definition) is 5. The fourth-order valence-electron chi connectivity index (χ4n) is 7.17. The van der Waals surface area contributed by atoms with Crippen LogP contribution in [0, 0.1) is 0 Å². The number of nitrogens with zero attached hydrogens (tertiary/aromatic N) is 3. The number of benzene rings is 3. The van der Waals surface area contributed by atoms with Crippen LogP contribution in [0.2, 0.25) is 0 Å². The Morgan fingerprint density at radius 1 is 0.659 bits per heavy atom. The van der Waals surface area contributed by atoms with Gasteiger partial charge in [-0.15, -0.1) is 0 Å². The van der Waals surface area contributed by atoms with Crippen molar-refractivity contribution in [2.75, 3.05) is 42.5 Å². The molecule has 2 aliphatic heterocycles. The predicted molar refractivity (Wildman–Crippen MR) is 183 cm³/mol. The van der Waals surface area contributed by atoms with Gasteiger partial charge in [0.15, 0.2) is 0 Å². The van der Waals surface area contributed by atoms with E-state index < -0.39 is 5.54 Å².